The van der Waals surface area contributed by atoms with Gasteiger partial charge in [-0.15, -0.1) is 0 Å². The van der Waals surface area contributed by atoms with Crippen molar-refractivity contribution in [2.24, 2.45) is 0 Å². The van der Waals surface area contributed by atoms with Crippen LogP contribution in [0.2, 0.25) is 0 Å². The Bertz CT molecular complexity index is 1210. The van der Waals surface area contributed by atoms with Gasteiger partial charge in [-0.3, -0.25) is 0 Å². The lowest BCUT2D eigenvalue weighted by molar-refractivity contribution is 0.624. The van der Waals surface area contributed by atoms with Crippen molar-refractivity contribution in [2.75, 3.05) is 0 Å². The molecule has 0 N–H and O–H groups in total. The summed E-state index contributed by atoms with van der Waals surface area (Å²) in [5, 5.41) is 10.7. The third-order valence-electron chi connectivity index (χ3n) is 5.04. The minimum absolute atomic E-state index is 0.323. The van der Waals surface area contributed by atoms with Gasteiger partial charge in [0.1, 0.15) is 5.82 Å². The van der Waals surface area contributed by atoms with Gasteiger partial charge in [-0.2, -0.15) is 5.26 Å². The Morgan fingerprint density at radius 3 is 2.39 bits per heavy atom. The van der Waals surface area contributed by atoms with Crippen LogP contribution >= 0.6 is 0 Å². The molecule has 0 aliphatic carbocycles. The van der Waals surface area contributed by atoms with Crippen LogP contribution in [-0.4, -0.2) is 4.57 Å². The number of para-hydroxylation sites is 1. The second-order valence-electron chi connectivity index (χ2n) is 6.74. The molecule has 0 aliphatic heterocycles. The number of rotatable bonds is 4. The number of nitriles is 1. The standard InChI is InChI=1S/C25H19FN2/c1-18-23(15-20(16-27)21-11-5-7-13-24(21)26)22-12-6-8-14-25(22)28(18)17-19-9-3-2-4-10-19/h2-15H,17H2,1H3/b20-15-. The van der Waals surface area contributed by atoms with E-state index in [9.17, 15) is 9.65 Å². The van der Waals surface area contributed by atoms with E-state index in [1.165, 1.54) is 11.6 Å². The number of benzene rings is 3. The third kappa shape index (κ3) is 3.21. The quantitative estimate of drug-likeness (QED) is 0.395. The molecule has 1 aromatic heterocycles. The van der Waals surface area contributed by atoms with Crippen molar-refractivity contribution in [3.63, 3.8) is 0 Å². The molecule has 0 amide bonds. The maximum Gasteiger partial charge on any atom is 0.131 e. The minimum Gasteiger partial charge on any atom is -0.340 e. The second-order valence-corrected chi connectivity index (χ2v) is 6.74. The molecule has 0 bridgehead atoms. The molecule has 2 nitrogen and oxygen atoms in total. The average Bonchev–Trinajstić information content (AvgIpc) is 2.99. The fourth-order valence-corrected chi connectivity index (χ4v) is 3.60. The van der Waals surface area contributed by atoms with E-state index in [1.54, 1.807) is 24.3 Å². The van der Waals surface area contributed by atoms with Crippen LogP contribution in [0.4, 0.5) is 4.39 Å². The molecule has 0 aliphatic rings. The average molecular weight is 366 g/mol. The first kappa shape index (κ1) is 17.8. The lowest BCUT2D eigenvalue weighted by Crippen LogP contribution is -2.01. The zero-order valence-electron chi connectivity index (χ0n) is 15.6. The van der Waals surface area contributed by atoms with Crippen molar-refractivity contribution in [3.05, 3.63) is 107 Å². The summed E-state index contributed by atoms with van der Waals surface area (Å²) in [5.74, 6) is -0.388. The van der Waals surface area contributed by atoms with E-state index in [2.05, 4.69) is 28.8 Å². The first-order chi connectivity index (χ1) is 13.7. The van der Waals surface area contributed by atoms with Crippen molar-refractivity contribution in [1.29, 1.82) is 5.26 Å². The zero-order valence-corrected chi connectivity index (χ0v) is 15.6. The monoisotopic (exact) mass is 366 g/mol. The molecule has 0 radical (unpaired) electrons. The van der Waals surface area contributed by atoms with Crippen molar-refractivity contribution in [2.45, 2.75) is 13.5 Å². The fraction of sp³-hybridized carbons (Fsp3) is 0.0800. The molecule has 0 atom stereocenters. The van der Waals surface area contributed by atoms with Crippen molar-refractivity contribution in [1.82, 2.24) is 4.57 Å². The van der Waals surface area contributed by atoms with Crippen LogP contribution in [0.15, 0.2) is 78.9 Å². The fourth-order valence-electron chi connectivity index (χ4n) is 3.60. The number of allylic oxidation sites excluding steroid dienone is 1. The van der Waals surface area contributed by atoms with Crippen LogP contribution in [0, 0.1) is 24.1 Å². The number of halogens is 1. The maximum atomic E-state index is 14.2. The highest BCUT2D eigenvalue weighted by Gasteiger charge is 2.15. The summed E-state index contributed by atoms with van der Waals surface area (Å²) in [5.41, 5.74) is 4.95. The Morgan fingerprint density at radius 1 is 0.964 bits per heavy atom. The Balaban J connectivity index is 1.89. The Hall–Kier alpha value is -3.64. The van der Waals surface area contributed by atoms with Gasteiger partial charge in [-0.05, 0) is 30.7 Å². The second kappa shape index (κ2) is 7.54. The van der Waals surface area contributed by atoms with Crippen LogP contribution in [0.1, 0.15) is 22.4 Å². The van der Waals surface area contributed by atoms with Crippen LogP contribution in [0.3, 0.4) is 0 Å². The summed E-state index contributed by atoms with van der Waals surface area (Å²) in [7, 11) is 0. The first-order valence-corrected chi connectivity index (χ1v) is 9.17. The number of nitrogens with zero attached hydrogens (tertiary/aromatic N) is 2. The number of hydrogen-bond donors (Lipinski definition) is 0. The van der Waals surface area contributed by atoms with Crippen molar-refractivity contribution in [3.8, 4) is 6.07 Å². The molecule has 0 unspecified atom stereocenters. The Labute approximate surface area is 163 Å². The molecule has 3 heteroatoms. The first-order valence-electron chi connectivity index (χ1n) is 9.17. The molecular formula is C25H19FN2. The predicted molar refractivity (Wildman–Crippen MR) is 112 cm³/mol. The SMILES string of the molecule is Cc1c(/C=C(/C#N)c2ccccc2F)c2ccccc2n1Cc1ccccc1. The normalized spacial score (nSPS) is 11.5. The molecule has 4 rings (SSSR count). The highest BCUT2D eigenvalue weighted by atomic mass is 19.1. The minimum atomic E-state index is -0.388. The number of fused-ring (bicyclic) bond motifs is 1. The van der Waals surface area contributed by atoms with Gasteiger partial charge in [0.15, 0.2) is 0 Å². The summed E-state index contributed by atoms with van der Waals surface area (Å²) in [6, 6.07) is 27.0. The van der Waals surface area contributed by atoms with E-state index in [0.29, 0.717) is 11.1 Å². The highest BCUT2D eigenvalue weighted by Crippen LogP contribution is 2.31. The van der Waals surface area contributed by atoms with Gasteiger partial charge in [0, 0.05) is 34.3 Å². The largest absolute Gasteiger partial charge is 0.340 e. The molecule has 0 fully saturated rings. The van der Waals surface area contributed by atoms with Gasteiger partial charge in [0.05, 0.1) is 11.6 Å². The van der Waals surface area contributed by atoms with E-state index in [1.807, 2.05) is 43.3 Å². The summed E-state index contributed by atoms with van der Waals surface area (Å²) >= 11 is 0. The Kier molecular flexibility index (Phi) is 4.78. The molecular weight excluding hydrogens is 347 g/mol. The van der Waals surface area contributed by atoms with Crippen LogP contribution < -0.4 is 0 Å². The molecule has 0 saturated carbocycles. The van der Waals surface area contributed by atoms with Gasteiger partial charge in [0.2, 0.25) is 0 Å². The molecule has 0 spiro atoms. The van der Waals surface area contributed by atoms with Crippen molar-refractivity contribution < 1.29 is 4.39 Å². The maximum absolute atomic E-state index is 14.2. The van der Waals surface area contributed by atoms with Gasteiger partial charge in [0.25, 0.3) is 0 Å². The molecule has 4 aromatic rings. The smallest absolute Gasteiger partial charge is 0.131 e. The zero-order chi connectivity index (χ0) is 19.5. The number of hydrogen-bond acceptors (Lipinski definition) is 1. The van der Waals surface area contributed by atoms with E-state index < -0.39 is 0 Å². The summed E-state index contributed by atoms with van der Waals surface area (Å²) in [4.78, 5) is 0. The Morgan fingerprint density at radius 2 is 1.64 bits per heavy atom. The lowest BCUT2D eigenvalue weighted by Gasteiger charge is -2.09. The highest BCUT2D eigenvalue weighted by molar-refractivity contribution is 5.99. The van der Waals surface area contributed by atoms with Crippen molar-refractivity contribution >= 4 is 22.6 Å². The molecule has 0 saturated heterocycles. The third-order valence-corrected chi connectivity index (χ3v) is 5.04. The summed E-state index contributed by atoms with van der Waals surface area (Å²) in [6.45, 7) is 2.79. The molecule has 1 heterocycles. The van der Waals surface area contributed by atoms with E-state index >= 15 is 0 Å². The molecule has 28 heavy (non-hydrogen) atoms. The van der Waals surface area contributed by atoms with Crippen LogP contribution in [0.25, 0.3) is 22.6 Å². The lowest BCUT2D eigenvalue weighted by atomic mass is 10.0. The van der Waals surface area contributed by atoms with E-state index in [0.717, 1.165) is 28.7 Å². The summed E-state index contributed by atoms with van der Waals surface area (Å²) in [6.07, 6.45) is 1.80. The molecule has 136 valence electrons. The van der Waals surface area contributed by atoms with Gasteiger partial charge < -0.3 is 4.57 Å². The van der Waals surface area contributed by atoms with Crippen LogP contribution in [0.5, 0.6) is 0 Å². The van der Waals surface area contributed by atoms with E-state index in [4.69, 9.17) is 0 Å². The topological polar surface area (TPSA) is 28.7 Å². The van der Waals surface area contributed by atoms with E-state index in [-0.39, 0.29) is 5.82 Å². The van der Waals surface area contributed by atoms with Crippen LogP contribution in [-0.2, 0) is 6.54 Å². The summed E-state index contributed by atoms with van der Waals surface area (Å²) < 4.78 is 16.5. The number of aromatic nitrogens is 1. The predicted octanol–water partition coefficient (Wildman–Crippen LogP) is 6.20. The molecule has 3 aromatic carbocycles. The van der Waals surface area contributed by atoms with Gasteiger partial charge >= 0.3 is 0 Å². The van der Waals surface area contributed by atoms with Gasteiger partial charge in [-0.25, -0.2) is 4.39 Å². The van der Waals surface area contributed by atoms with Gasteiger partial charge in [-0.1, -0.05) is 66.7 Å².